The molecular weight excluding hydrogens is 443 g/mol. The summed E-state index contributed by atoms with van der Waals surface area (Å²) in [5.74, 6) is 2.12. The number of aryl methyl sites for hydroxylation is 1. The molecule has 0 atom stereocenters. The molecule has 2 saturated heterocycles. The largest absolute Gasteiger partial charge is 0.378 e. The maximum Gasteiger partial charge on any atom is 0.228 e. The third-order valence-corrected chi connectivity index (χ3v) is 6.38. The van der Waals surface area contributed by atoms with Crippen LogP contribution in [0.2, 0.25) is 5.02 Å². The summed E-state index contributed by atoms with van der Waals surface area (Å²) in [5.41, 5.74) is 2.67. The molecule has 1 aromatic carbocycles. The van der Waals surface area contributed by atoms with E-state index in [1.807, 2.05) is 18.3 Å². The van der Waals surface area contributed by atoms with Crippen molar-refractivity contribution >= 4 is 29.2 Å². The SMILES string of the molecule is Cc1cccnc1N1CCN(c2cc(-c3ccc(F)c(Cl)c3)nc(N3CCOCC3)n2)CC1. The molecule has 3 aromatic rings. The molecule has 0 aliphatic carbocycles. The van der Waals surface area contributed by atoms with Crippen LogP contribution in [0, 0.1) is 12.7 Å². The van der Waals surface area contributed by atoms with Gasteiger partial charge in [-0.3, -0.25) is 0 Å². The normalized spacial score (nSPS) is 16.9. The highest BCUT2D eigenvalue weighted by molar-refractivity contribution is 6.31. The molecule has 0 saturated carbocycles. The van der Waals surface area contributed by atoms with E-state index in [0.29, 0.717) is 19.2 Å². The Hall–Kier alpha value is -2.97. The lowest BCUT2D eigenvalue weighted by Gasteiger charge is -2.37. The van der Waals surface area contributed by atoms with Crippen LogP contribution in [0.25, 0.3) is 11.3 Å². The molecule has 0 radical (unpaired) electrons. The fourth-order valence-electron chi connectivity index (χ4n) is 4.25. The number of benzene rings is 1. The third-order valence-electron chi connectivity index (χ3n) is 6.10. The highest BCUT2D eigenvalue weighted by atomic mass is 35.5. The van der Waals surface area contributed by atoms with E-state index in [1.54, 1.807) is 12.1 Å². The molecule has 0 unspecified atom stereocenters. The monoisotopic (exact) mass is 468 g/mol. The number of nitrogens with zero attached hydrogens (tertiary/aromatic N) is 6. The van der Waals surface area contributed by atoms with Gasteiger partial charge in [0.2, 0.25) is 5.95 Å². The maximum atomic E-state index is 13.8. The molecule has 2 aliphatic heterocycles. The van der Waals surface area contributed by atoms with Crippen LogP contribution >= 0.6 is 11.6 Å². The lowest BCUT2D eigenvalue weighted by Crippen LogP contribution is -2.47. The topological polar surface area (TPSA) is 57.6 Å². The average molecular weight is 469 g/mol. The fraction of sp³-hybridized carbons (Fsp3) is 0.375. The number of halogens is 2. The second-order valence-corrected chi connectivity index (χ2v) is 8.66. The number of morpholine rings is 1. The summed E-state index contributed by atoms with van der Waals surface area (Å²) in [4.78, 5) is 21.0. The lowest BCUT2D eigenvalue weighted by molar-refractivity contribution is 0.122. The molecule has 5 rings (SSSR count). The van der Waals surface area contributed by atoms with Crippen LogP contribution in [-0.2, 0) is 4.74 Å². The number of pyridine rings is 1. The van der Waals surface area contributed by atoms with Gasteiger partial charge in [0.25, 0.3) is 0 Å². The minimum atomic E-state index is -0.441. The van der Waals surface area contributed by atoms with Gasteiger partial charge >= 0.3 is 0 Å². The summed E-state index contributed by atoms with van der Waals surface area (Å²) in [6.07, 6.45) is 1.84. The Balaban J connectivity index is 1.44. The van der Waals surface area contributed by atoms with Gasteiger partial charge in [0.1, 0.15) is 17.5 Å². The van der Waals surface area contributed by atoms with Crippen LogP contribution in [-0.4, -0.2) is 67.4 Å². The zero-order chi connectivity index (χ0) is 22.8. The third kappa shape index (κ3) is 4.72. The quantitative estimate of drug-likeness (QED) is 0.577. The second-order valence-electron chi connectivity index (χ2n) is 8.26. The van der Waals surface area contributed by atoms with E-state index >= 15 is 0 Å². The molecule has 2 aromatic heterocycles. The van der Waals surface area contributed by atoms with Gasteiger partial charge in [-0.25, -0.2) is 14.4 Å². The van der Waals surface area contributed by atoms with E-state index in [0.717, 1.165) is 62.2 Å². The molecule has 0 amide bonds. The zero-order valence-electron chi connectivity index (χ0n) is 18.5. The van der Waals surface area contributed by atoms with E-state index in [9.17, 15) is 4.39 Å². The van der Waals surface area contributed by atoms with Gasteiger partial charge in [-0.05, 0) is 36.8 Å². The van der Waals surface area contributed by atoms with Gasteiger partial charge in [0, 0.05) is 57.1 Å². The highest BCUT2D eigenvalue weighted by Crippen LogP contribution is 2.29. The fourth-order valence-corrected chi connectivity index (χ4v) is 4.43. The summed E-state index contributed by atoms with van der Waals surface area (Å²) in [6.45, 7) is 8.20. The highest BCUT2D eigenvalue weighted by Gasteiger charge is 2.23. The number of ether oxygens (including phenoxy) is 1. The standard InChI is InChI=1S/C24H26ClFN6O/c1-17-3-2-6-27-23(17)31-9-7-30(8-10-31)22-16-21(18-4-5-20(26)19(25)15-18)28-24(29-22)32-11-13-33-14-12-32/h2-6,15-16H,7-14H2,1H3. The molecule has 2 fully saturated rings. The molecule has 7 nitrogen and oxygen atoms in total. The van der Waals surface area contributed by atoms with E-state index in [4.69, 9.17) is 26.3 Å². The number of rotatable bonds is 4. The van der Waals surface area contributed by atoms with Gasteiger partial charge in [-0.15, -0.1) is 0 Å². The molecule has 4 heterocycles. The van der Waals surface area contributed by atoms with Gasteiger partial charge in [-0.2, -0.15) is 4.98 Å². The summed E-state index contributed by atoms with van der Waals surface area (Å²) in [6, 6.07) is 10.7. The smallest absolute Gasteiger partial charge is 0.228 e. The minimum Gasteiger partial charge on any atom is -0.378 e. The number of anilines is 3. The van der Waals surface area contributed by atoms with Crippen molar-refractivity contribution in [2.75, 3.05) is 67.2 Å². The van der Waals surface area contributed by atoms with E-state index in [2.05, 4.69) is 32.7 Å². The van der Waals surface area contributed by atoms with Gasteiger partial charge in [0.15, 0.2) is 0 Å². The Morgan fingerprint density at radius 1 is 0.909 bits per heavy atom. The predicted octanol–water partition coefficient (Wildman–Crippen LogP) is 3.80. The molecule has 0 bridgehead atoms. The van der Waals surface area contributed by atoms with Crippen LogP contribution in [0.1, 0.15) is 5.56 Å². The van der Waals surface area contributed by atoms with E-state index < -0.39 is 5.82 Å². The Kier molecular flexibility index (Phi) is 6.28. The maximum absolute atomic E-state index is 13.8. The Labute approximate surface area is 197 Å². The van der Waals surface area contributed by atoms with Crippen molar-refractivity contribution in [3.05, 3.63) is 59.0 Å². The summed E-state index contributed by atoms with van der Waals surface area (Å²) in [7, 11) is 0. The number of piperazine rings is 1. The van der Waals surface area contributed by atoms with Crippen molar-refractivity contribution in [1.29, 1.82) is 0 Å². The Morgan fingerprint density at radius 2 is 1.67 bits per heavy atom. The first-order valence-corrected chi connectivity index (χ1v) is 11.5. The molecular formula is C24H26ClFN6O. The van der Waals surface area contributed by atoms with Crippen molar-refractivity contribution in [2.45, 2.75) is 6.92 Å². The van der Waals surface area contributed by atoms with Gasteiger partial charge in [0.05, 0.1) is 23.9 Å². The van der Waals surface area contributed by atoms with E-state index in [1.165, 1.54) is 11.6 Å². The Morgan fingerprint density at radius 3 is 2.39 bits per heavy atom. The average Bonchev–Trinajstić information content (AvgIpc) is 2.86. The molecule has 172 valence electrons. The molecule has 0 spiro atoms. The van der Waals surface area contributed by atoms with Crippen LogP contribution < -0.4 is 14.7 Å². The van der Waals surface area contributed by atoms with Crippen molar-refractivity contribution in [1.82, 2.24) is 15.0 Å². The summed E-state index contributed by atoms with van der Waals surface area (Å²) in [5, 5.41) is 0.0833. The predicted molar refractivity (Wildman–Crippen MR) is 129 cm³/mol. The first kappa shape index (κ1) is 21.9. The van der Waals surface area contributed by atoms with E-state index in [-0.39, 0.29) is 5.02 Å². The van der Waals surface area contributed by atoms with Crippen molar-refractivity contribution < 1.29 is 9.13 Å². The van der Waals surface area contributed by atoms with Crippen LogP contribution in [0.4, 0.5) is 22.0 Å². The lowest BCUT2D eigenvalue weighted by atomic mass is 10.1. The zero-order valence-corrected chi connectivity index (χ0v) is 19.3. The summed E-state index contributed by atoms with van der Waals surface area (Å²) >= 11 is 6.06. The first-order chi connectivity index (χ1) is 16.1. The molecule has 2 aliphatic rings. The second kappa shape index (κ2) is 9.49. The Bertz CT molecular complexity index is 1130. The molecule has 9 heteroatoms. The van der Waals surface area contributed by atoms with Gasteiger partial charge in [-0.1, -0.05) is 17.7 Å². The minimum absolute atomic E-state index is 0.0833. The number of hydrogen-bond acceptors (Lipinski definition) is 7. The van der Waals surface area contributed by atoms with Gasteiger partial charge < -0.3 is 19.4 Å². The van der Waals surface area contributed by atoms with Crippen LogP contribution in [0.5, 0.6) is 0 Å². The van der Waals surface area contributed by atoms with Crippen LogP contribution in [0.15, 0.2) is 42.6 Å². The molecule has 33 heavy (non-hydrogen) atoms. The number of aromatic nitrogens is 3. The summed E-state index contributed by atoms with van der Waals surface area (Å²) < 4.78 is 19.3. The van der Waals surface area contributed by atoms with Crippen molar-refractivity contribution in [3.63, 3.8) is 0 Å². The van der Waals surface area contributed by atoms with Crippen molar-refractivity contribution in [3.8, 4) is 11.3 Å². The first-order valence-electron chi connectivity index (χ1n) is 11.2. The number of hydrogen-bond donors (Lipinski definition) is 0. The van der Waals surface area contributed by atoms with Crippen molar-refractivity contribution in [2.24, 2.45) is 0 Å². The molecule has 0 N–H and O–H groups in total. The van der Waals surface area contributed by atoms with Crippen LogP contribution in [0.3, 0.4) is 0 Å².